The number of rotatable bonds is 6. The lowest BCUT2D eigenvalue weighted by Gasteiger charge is -2.33. The third-order valence-electron chi connectivity index (χ3n) is 6.22. The SMILES string of the molecule is CCCc1cc(=O)oc2cc(OCC(=O)NN3C(=O)NC4(CCC(C)CC4)C3=O)ccc12. The van der Waals surface area contributed by atoms with Crippen molar-refractivity contribution in [2.75, 3.05) is 6.61 Å². The summed E-state index contributed by atoms with van der Waals surface area (Å²) in [6.45, 7) is 3.73. The van der Waals surface area contributed by atoms with Crippen LogP contribution in [0.3, 0.4) is 0 Å². The maximum atomic E-state index is 12.8. The van der Waals surface area contributed by atoms with Gasteiger partial charge >= 0.3 is 11.7 Å². The Labute approximate surface area is 185 Å². The Kier molecular flexibility index (Phi) is 5.90. The van der Waals surface area contributed by atoms with Crippen LogP contribution in [0.25, 0.3) is 11.0 Å². The summed E-state index contributed by atoms with van der Waals surface area (Å²) in [5, 5.41) is 4.31. The van der Waals surface area contributed by atoms with Crippen molar-refractivity contribution in [2.24, 2.45) is 5.92 Å². The maximum absolute atomic E-state index is 12.8. The van der Waals surface area contributed by atoms with Crippen LogP contribution in [-0.4, -0.2) is 35.0 Å². The van der Waals surface area contributed by atoms with Crippen molar-refractivity contribution >= 4 is 28.8 Å². The Hall–Kier alpha value is -3.36. The number of amides is 4. The van der Waals surface area contributed by atoms with Crippen molar-refractivity contribution in [1.29, 1.82) is 0 Å². The summed E-state index contributed by atoms with van der Waals surface area (Å²) >= 11 is 0. The molecule has 1 aliphatic heterocycles. The molecule has 1 spiro atoms. The molecule has 2 N–H and O–H groups in total. The standard InChI is InChI=1S/C23H27N3O6/c1-3-4-15-11-20(28)32-18-12-16(5-6-17(15)18)31-13-19(27)25-26-21(29)23(24-22(26)30)9-7-14(2)8-10-23/h5-6,11-12,14H,3-4,7-10,13H2,1-2H3,(H,24,30)(H,25,27). The third-order valence-corrected chi connectivity index (χ3v) is 6.22. The quantitative estimate of drug-likeness (QED) is 0.526. The lowest BCUT2D eigenvalue weighted by molar-refractivity contribution is -0.140. The van der Waals surface area contributed by atoms with Gasteiger partial charge in [-0.1, -0.05) is 20.3 Å². The van der Waals surface area contributed by atoms with E-state index in [0.29, 0.717) is 30.1 Å². The average molecular weight is 441 g/mol. The highest BCUT2D eigenvalue weighted by atomic mass is 16.5. The van der Waals surface area contributed by atoms with E-state index >= 15 is 0 Å². The molecule has 32 heavy (non-hydrogen) atoms. The molecule has 0 radical (unpaired) electrons. The number of nitrogens with zero attached hydrogens (tertiary/aromatic N) is 1. The summed E-state index contributed by atoms with van der Waals surface area (Å²) in [5.74, 6) is -0.235. The number of carbonyl (C=O) groups is 3. The minimum absolute atomic E-state index is 0.333. The fourth-order valence-electron chi connectivity index (χ4n) is 4.40. The normalized spacial score (nSPS) is 22.9. The summed E-state index contributed by atoms with van der Waals surface area (Å²) in [5.41, 5.74) is 2.24. The van der Waals surface area contributed by atoms with E-state index < -0.39 is 35.6 Å². The molecule has 1 saturated heterocycles. The molecule has 2 aromatic rings. The molecule has 1 saturated carbocycles. The van der Waals surface area contributed by atoms with Crippen LogP contribution in [0.2, 0.25) is 0 Å². The van der Waals surface area contributed by atoms with Crippen molar-refractivity contribution in [3.8, 4) is 5.75 Å². The third kappa shape index (κ3) is 4.19. The van der Waals surface area contributed by atoms with Gasteiger partial charge in [-0.05, 0) is 55.7 Å². The van der Waals surface area contributed by atoms with Crippen molar-refractivity contribution in [3.05, 3.63) is 40.2 Å². The van der Waals surface area contributed by atoms with Crippen LogP contribution >= 0.6 is 0 Å². The van der Waals surface area contributed by atoms with Gasteiger partial charge in [0.2, 0.25) is 0 Å². The number of nitrogens with one attached hydrogen (secondary N) is 2. The van der Waals surface area contributed by atoms with E-state index in [9.17, 15) is 19.2 Å². The summed E-state index contributed by atoms with van der Waals surface area (Å²) in [6.07, 6.45) is 4.44. The van der Waals surface area contributed by atoms with Crippen LogP contribution in [-0.2, 0) is 16.0 Å². The number of benzene rings is 1. The predicted molar refractivity (Wildman–Crippen MR) is 116 cm³/mol. The molecule has 0 bridgehead atoms. The smallest absolute Gasteiger partial charge is 0.344 e. The van der Waals surface area contributed by atoms with Crippen LogP contribution in [0.4, 0.5) is 4.79 Å². The van der Waals surface area contributed by atoms with Crippen molar-refractivity contribution in [3.63, 3.8) is 0 Å². The first-order valence-corrected chi connectivity index (χ1v) is 11.0. The summed E-state index contributed by atoms with van der Waals surface area (Å²) in [4.78, 5) is 49.3. The molecular formula is C23H27N3O6. The number of urea groups is 1. The van der Waals surface area contributed by atoms with Crippen LogP contribution in [0, 0.1) is 5.92 Å². The Bertz CT molecular complexity index is 1120. The van der Waals surface area contributed by atoms with Crippen molar-refractivity contribution in [2.45, 2.75) is 57.9 Å². The molecule has 4 amide bonds. The highest BCUT2D eigenvalue weighted by Gasteiger charge is 2.52. The van der Waals surface area contributed by atoms with Crippen LogP contribution in [0.15, 0.2) is 33.5 Å². The van der Waals surface area contributed by atoms with Gasteiger partial charge in [0, 0.05) is 17.5 Å². The number of fused-ring (bicyclic) bond motifs is 1. The van der Waals surface area contributed by atoms with Gasteiger partial charge in [0.25, 0.3) is 11.8 Å². The van der Waals surface area contributed by atoms with Gasteiger partial charge in [0.05, 0.1) is 0 Å². The van der Waals surface area contributed by atoms with E-state index in [4.69, 9.17) is 9.15 Å². The Morgan fingerprint density at radius 3 is 2.72 bits per heavy atom. The second kappa shape index (κ2) is 8.64. The van der Waals surface area contributed by atoms with Gasteiger partial charge < -0.3 is 14.5 Å². The number of carbonyl (C=O) groups excluding carboxylic acids is 3. The van der Waals surface area contributed by atoms with Gasteiger partial charge in [0.1, 0.15) is 16.9 Å². The van der Waals surface area contributed by atoms with Crippen LogP contribution in [0.5, 0.6) is 5.75 Å². The molecule has 2 heterocycles. The van der Waals surface area contributed by atoms with Gasteiger partial charge in [-0.3, -0.25) is 15.0 Å². The van der Waals surface area contributed by atoms with E-state index in [1.54, 1.807) is 18.2 Å². The first kappa shape index (κ1) is 21.9. The number of ether oxygens (including phenoxy) is 1. The summed E-state index contributed by atoms with van der Waals surface area (Å²) in [7, 11) is 0. The monoisotopic (exact) mass is 441 g/mol. The fourth-order valence-corrected chi connectivity index (χ4v) is 4.40. The molecule has 2 fully saturated rings. The maximum Gasteiger partial charge on any atom is 0.344 e. The van der Waals surface area contributed by atoms with Gasteiger partial charge in [-0.15, -0.1) is 0 Å². The van der Waals surface area contributed by atoms with Crippen molar-refractivity contribution in [1.82, 2.24) is 15.8 Å². The molecule has 1 aromatic heterocycles. The molecule has 9 nitrogen and oxygen atoms in total. The lowest BCUT2D eigenvalue weighted by atomic mass is 9.77. The number of hydrazine groups is 1. The minimum atomic E-state index is -0.927. The van der Waals surface area contributed by atoms with E-state index in [1.807, 2.05) is 6.92 Å². The zero-order valence-electron chi connectivity index (χ0n) is 18.2. The molecule has 170 valence electrons. The molecular weight excluding hydrogens is 414 g/mol. The fraction of sp³-hybridized carbons (Fsp3) is 0.478. The zero-order valence-corrected chi connectivity index (χ0v) is 18.2. The minimum Gasteiger partial charge on any atom is -0.484 e. The van der Waals surface area contributed by atoms with Gasteiger partial charge in [0.15, 0.2) is 6.61 Å². The van der Waals surface area contributed by atoms with Gasteiger partial charge in [-0.2, -0.15) is 5.01 Å². The van der Waals surface area contributed by atoms with E-state index in [0.717, 1.165) is 41.6 Å². The Balaban J connectivity index is 1.40. The van der Waals surface area contributed by atoms with Crippen LogP contribution in [0.1, 0.15) is 51.5 Å². The topological polar surface area (TPSA) is 118 Å². The molecule has 1 aliphatic carbocycles. The molecule has 4 rings (SSSR count). The van der Waals surface area contributed by atoms with Crippen LogP contribution < -0.4 is 21.1 Å². The zero-order chi connectivity index (χ0) is 22.9. The first-order valence-electron chi connectivity index (χ1n) is 11.0. The number of hydrogen-bond donors (Lipinski definition) is 2. The summed E-state index contributed by atoms with van der Waals surface area (Å²) in [6, 6.07) is 5.86. The molecule has 2 aliphatic rings. The largest absolute Gasteiger partial charge is 0.484 e. The number of imide groups is 1. The Morgan fingerprint density at radius 2 is 2.00 bits per heavy atom. The predicted octanol–water partition coefficient (Wildman–Crippen LogP) is 2.66. The molecule has 0 atom stereocenters. The highest BCUT2D eigenvalue weighted by Crippen LogP contribution is 2.35. The second-order valence-corrected chi connectivity index (χ2v) is 8.66. The number of aryl methyl sites for hydroxylation is 1. The summed E-state index contributed by atoms with van der Waals surface area (Å²) < 4.78 is 10.8. The number of hydrogen-bond acceptors (Lipinski definition) is 6. The van der Waals surface area contributed by atoms with E-state index in [2.05, 4.69) is 17.7 Å². The second-order valence-electron chi connectivity index (χ2n) is 8.66. The van der Waals surface area contributed by atoms with E-state index in [1.165, 1.54) is 6.07 Å². The average Bonchev–Trinajstić information content (AvgIpc) is 2.98. The molecule has 1 aromatic carbocycles. The van der Waals surface area contributed by atoms with Crippen molar-refractivity contribution < 1.29 is 23.5 Å². The Morgan fingerprint density at radius 1 is 1.25 bits per heavy atom. The lowest BCUT2D eigenvalue weighted by Crippen LogP contribution is -2.52. The highest BCUT2D eigenvalue weighted by molar-refractivity contribution is 6.08. The van der Waals surface area contributed by atoms with Gasteiger partial charge in [-0.25, -0.2) is 9.59 Å². The first-order chi connectivity index (χ1) is 15.3. The van der Waals surface area contributed by atoms with E-state index in [-0.39, 0.29) is 0 Å². The molecule has 0 unspecified atom stereocenters. The molecule has 9 heteroatoms.